The van der Waals surface area contributed by atoms with E-state index in [2.05, 4.69) is 68.6 Å². The van der Waals surface area contributed by atoms with Gasteiger partial charge in [0.2, 0.25) is 5.91 Å². The summed E-state index contributed by atoms with van der Waals surface area (Å²) in [6.07, 6.45) is 7.09. The molecule has 1 atom stereocenters. The van der Waals surface area contributed by atoms with Crippen molar-refractivity contribution in [2.45, 2.75) is 58.4 Å². The van der Waals surface area contributed by atoms with E-state index in [0.29, 0.717) is 0 Å². The Bertz CT molecular complexity index is 809. The molecule has 0 saturated carbocycles. The lowest BCUT2D eigenvalue weighted by Crippen LogP contribution is -2.24. The lowest BCUT2D eigenvalue weighted by Gasteiger charge is -2.18. The fourth-order valence-corrected chi connectivity index (χ4v) is 3.47. The SMILES string of the molecule is C[C@H](NC(=O)/C=C/c1ccc(C(C)(C)C)cc1)c1ccc2c(c1)CCC2. The number of benzene rings is 2. The number of hydrogen-bond donors (Lipinski definition) is 1. The molecule has 0 saturated heterocycles. The molecule has 0 spiro atoms. The van der Waals surface area contributed by atoms with E-state index in [1.165, 1.54) is 35.1 Å². The number of amides is 1. The van der Waals surface area contributed by atoms with E-state index in [9.17, 15) is 4.79 Å². The molecule has 26 heavy (non-hydrogen) atoms. The summed E-state index contributed by atoms with van der Waals surface area (Å²) in [6, 6.07) is 15.0. The van der Waals surface area contributed by atoms with Gasteiger partial charge in [-0.05, 0) is 65.5 Å². The second kappa shape index (κ2) is 7.49. The zero-order valence-corrected chi connectivity index (χ0v) is 16.3. The molecule has 2 nitrogen and oxygen atoms in total. The van der Waals surface area contributed by atoms with Crippen LogP contribution in [0.4, 0.5) is 0 Å². The van der Waals surface area contributed by atoms with Crippen LogP contribution in [0.1, 0.15) is 68.0 Å². The summed E-state index contributed by atoms with van der Waals surface area (Å²) in [7, 11) is 0. The largest absolute Gasteiger partial charge is 0.346 e. The van der Waals surface area contributed by atoms with Crippen LogP contribution in [0, 0.1) is 0 Å². The zero-order valence-electron chi connectivity index (χ0n) is 16.3. The average Bonchev–Trinajstić information content (AvgIpc) is 3.07. The molecule has 1 amide bonds. The minimum Gasteiger partial charge on any atom is -0.346 e. The summed E-state index contributed by atoms with van der Waals surface area (Å²) >= 11 is 0. The van der Waals surface area contributed by atoms with Crippen LogP contribution in [-0.4, -0.2) is 5.91 Å². The molecule has 2 aromatic carbocycles. The van der Waals surface area contributed by atoms with Gasteiger partial charge < -0.3 is 5.32 Å². The Kier molecular flexibility index (Phi) is 5.31. The molecule has 1 aliphatic rings. The molecule has 136 valence electrons. The van der Waals surface area contributed by atoms with E-state index in [1.54, 1.807) is 6.08 Å². The van der Waals surface area contributed by atoms with E-state index in [-0.39, 0.29) is 17.4 Å². The summed E-state index contributed by atoms with van der Waals surface area (Å²) in [5.41, 5.74) is 6.57. The zero-order chi connectivity index (χ0) is 18.7. The maximum atomic E-state index is 12.3. The number of rotatable bonds is 4. The van der Waals surface area contributed by atoms with Gasteiger partial charge in [-0.2, -0.15) is 0 Å². The van der Waals surface area contributed by atoms with Crippen LogP contribution >= 0.6 is 0 Å². The van der Waals surface area contributed by atoms with Crippen LogP contribution in [0.5, 0.6) is 0 Å². The molecule has 1 aliphatic carbocycles. The van der Waals surface area contributed by atoms with Gasteiger partial charge in [-0.3, -0.25) is 4.79 Å². The van der Waals surface area contributed by atoms with E-state index in [0.717, 1.165) is 12.0 Å². The molecule has 1 N–H and O–H groups in total. The lowest BCUT2D eigenvalue weighted by atomic mass is 9.87. The van der Waals surface area contributed by atoms with Crippen LogP contribution in [-0.2, 0) is 23.1 Å². The molecule has 0 heterocycles. The molecular weight excluding hydrogens is 318 g/mol. The van der Waals surface area contributed by atoms with Gasteiger partial charge in [0.05, 0.1) is 6.04 Å². The van der Waals surface area contributed by atoms with Crippen molar-refractivity contribution in [1.82, 2.24) is 5.32 Å². The van der Waals surface area contributed by atoms with Crippen molar-refractivity contribution in [2.75, 3.05) is 0 Å². The first kappa shape index (κ1) is 18.4. The van der Waals surface area contributed by atoms with Gasteiger partial charge in [0.15, 0.2) is 0 Å². The quantitative estimate of drug-likeness (QED) is 0.741. The van der Waals surface area contributed by atoms with Gasteiger partial charge in [0, 0.05) is 6.08 Å². The van der Waals surface area contributed by atoms with Crippen molar-refractivity contribution in [3.05, 3.63) is 76.4 Å². The maximum Gasteiger partial charge on any atom is 0.244 e. The van der Waals surface area contributed by atoms with Gasteiger partial charge >= 0.3 is 0 Å². The van der Waals surface area contributed by atoms with Crippen molar-refractivity contribution in [3.63, 3.8) is 0 Å². The second-order valence-electron chi connectivity index (χ2n) is 8.32. The van der Waals surface area contributed by atoms with Crippen LogP contribution in [0.25, 0.3) is 6.08 Å². The molecule has 0 radical (unpaired) electrons. The molecule has 0 aliphatic heterocycles. The van der Waals surface area contributed by atoms with E-state index in [1.807, 2.05) is 13.0 Å². The molecule has 0 bridgehead atoms. The number of hydrogen-bond acceptors (Lipinski definition) is 1. The van der Waals surface area contributed by atoms with E-state index >= 15 is 0 Å². The smallest absolute Gasteiger partial charge is 0.244 e. The highest BCUT2D eigenvalue weighted by Crippen LogP contribution is 2.25. The summed E-state index contributed by atoms with van der Waals surface area (Å²) in [5.74, 6) is -0.0575. The van der Waals surface area contributed by atoms with Crippen LogP contribution in [0.2, 0.25) is 0 Å². The number of nitrogens with one attached hydrogen (secondary N) is 1. The predicted octanol–water partition coefficient (Wildman–Crippen LogP) is 5.36. The van der Waals surface area contributed by atoms with Crippen LogP contribution < -0.4 is 5.32 Å². The van der Waals surface area contributed by atoms with Gasteiger partial charge in [0.25, 0.3) is 0 Å². The Labute approximate surface area is 157 Å². The van der Waals surface area contributed by atoms with Gasteiger partial charge in [-0.25, -0.2) is 0 Å². The van der Waals surface area contributed by atoms with Crippen molar-refractivity contribution in [2.24, 2.45) is 0 Å². The Morgan fingerprint density at radius 1 is 1.04 bits per heavy atom. The first-order valence-electron chi connectivity index (χ1n) is 9.54. The van der Waals surface area contributed by atoms with Gasteiger partial charge in [-0.15, -0.1) is 0 Å². The topological polar surface area (TPSA) is 29.1 Å². The Morgan fingerprint density at radius 2 is 1.73 bits per heavy atom. The van der Waals surface area contributed by atoms with E-state index < -0.39 is 0 Å². The van der Waals surface area contributed by atoms with Crippen LogP contribution in [0.3, 0.4) is 0 Å². The molecule has 0 fully saturated rings. The van der Waals surface area contributed by atoms with Gasteiger partial charge in [0.1, 0.15) is 0 Å². The van der Waals surface area contributed by atoms with Crippen molar-refractivity contribution >= 4 is 12.0 Å². The Balaban J connectivity index is 1.60. The standard InChI is InChI=1S/C24H29NO/c1-17(20-12-11-19-6-5-7-21(19)16-20)25-23(26)15-10-18-8-13-22(14-9-18)24(2,3)4/h8-17H,5-7H2,1-4H3,(H,25,26)/b15-10+/t17-/m0/s1. The van der Waals surface area contributed by atoms with E-state index in [4.69, 9.17) is 0 Å². The predicted molar refractivity (Wildman–Crippen MR) is 109 cm³/mol. The lowest BCUT2D eigenvalue weighted by molar-refractivity contribution is -0.117. The fourth-order valence-electron chi connectivity index (χ4n) is 3.47. The van der Waals surface area contributed by atoms with Crippen molar-refractivity contribution in [3.8, 4) is 0 Å². The second-order valence-corrected chi connectivity index (χ2v) is 8.32. The first-order valence-corrected chi connectivity index (χ1v) is 9.54. The highest BCUT2D eigenvalue weighted by Gasteiger charge is 2.14. The fraction of sp³-hybridized carbons (Fsp3) is 0.375. The molecule has 2 aromatic rings. The summed E-state index contributed by atoms with van der Waals surface area (Å²) < 4.78 is 0. The highest BCUT2D eigenvalue weighted by molar-refractivity contribution is 5.92. The minimum absolute atomic E-state index is 0.0151. The third-order valence-corrected chi connectivity index (χ3v) is 5.19. The van der Waals surface area contributed by atoms with Crippen molar-refractivity contribution in [1.29, 1.82) is 0 Å². The number of carbonyl (C=O) groups excluding carboxylic acids is 1. The number of carbonyl (C=O) groups is 1. The monoisotopic (exact) mass is 347 g/mol. The number of fused-ring (bicyclic) bond motifs is 1. The molecular formula is C24H29NO. The molecule has 2 heteroatoms. The summed E-state index contributed by atoms with van der Waals surface area (Å²) in [4.78, 5) is 12.3. The summed E-state index contributed by atoms with van der Waals surface area (Å²) in [6.45, 7) is 8.64. The average molecular weight is 348 g/mol. The molecule has 3 rings (SSSR count). The number of aryl methyl sites for hydroxylation is 2. The third-order valence-electron chi connectivity index (χ3n) is 5.19. The third kappa shape index (κ3) is 4.43. The Morgan fingerprint density at radius 3 is 2.42 bits per heavy atom. The summed E-state index contributed by atoms with van der Waals surface area (Å²) in [5, 5.41) is 3.07. The van der Waals surface area contributed by atoms with Gasteiger partial charge in [-0.1, -0.05) is 63.2 Å². The normalized spacial score (nSPS) is 15.1. The highest BCUT2D eigenvalue weighted by atomic mass is 16.1. The Hall–Kier alpha value is -2.35. The van der Waals surface area contributed by atoms with Crippen LogP contribution in [0.15, 0.2) is 48.5 Å². The maximum absolute atomic E-state index is 12.3. The molecule has 0 aromatic heterocycles. The van der Waals surface area contributed by atoms with Crippen molar-refractivity contribution < 1.29 is 4.79 Å². The minimum atomic E-state index is -0.0575. The molecule has 0 unspecified atom stereocenters. The first-order chi connectivity index (χ1) is 12.3.